The lowest BCUT2D eigenvalue weighted by molar-refractivity contribution is -0.119. The average molecular weight is 197 g/mol. The highest BCUT2D eigenvalue weighted by atomic mass is 16.7. The molecule has 1 N–H and O–H groups in total. The van der Waals surface area contributed by atoms with Gasteiger partial charge in [-0.1, -0.05) is 0 Å². The molecule has 0 aliphatic carbocycles. The summed E-state index contributed by atoms with van der Waals surface area (Å²) in [5.74, 6) is 0.974. The van der Waals surface area contributed by atoms with Crippen LogP contribution >= 0.6 is 0 Å². The van der Waals surface area contributed by atoms with E-state index in [9.17, 15) is 5.11 Å². The number of hydroxylamine groups is 2. The molecule has 2 rings (SSSR count). The predicted molar refractivity (Wildman–Crippen MR) is 50.3 cm³/mol. The zero-order valence-corrected chi connectivity index (χ0v) is 8.26. The van der Waals surface area contributed by atoms with E-state index in [4.69, 9.17) is 4.84 Å². The molecule has 1 unspecified atom stereocenters. The first-order valence-electron chi connectivity index (χ1n) is 4.85. The quantitative estimate of drug-likeness (QED) is 0.741. The number of rotatable bonds is 3. The van der Waals surface area contributed by atoms with Gasteiger partial charge in [0.25, 0.3) is 0 Å². The Hall–Kier alpha value is -0.910. The summed E-state index contributed by atoms with van der Waals surface area (Å²) in [5, 5.41) is 11.0. The summed E-state index contributed by atoms with van der Waals surface area (Å²) in [7, 11) is 0. The minimum atomic E-state index is -0.361. The topological polar surface area (TPSA) is 50.5 Å². The van der Waals surface area contributed by atoms with E-state index in [2.05, 4.69) is 16.5 Å². The molecular formula is C9H15N3O2. The number of aromatic nitrogens is 2. The standard InChI is InChI=1S/C9H15N3O2/c1-2-11-4-3-10-9(11)6-12-5-8(13)7-14-12/h3-4,8,13H,2,5-7H2,1H3. The highest BCUT2D eigenvalue weighted by molar-refractivity contribution is 4.91. The van der Waals surface area contributed by atoms with Crippen molar-refractivity contribution in [3.8, 4) is 0 Å². The Bertz CT molecular complexity index is 300. The first-order valence-corrected chi connectivity index (χ1v) is 4.85. The van der Waals surface area contributed by atoms with Gasteiger partial charge in [-0.05, 0) is 6.92 Å². The van der Waals surface area contributed by atoms with Crippen molar-refractivity contribution in [2.75, 3.05) is 13.2 Å². The fraction of sp³-hybridized carbons (Fsp3) is 0.667. The molecule has 1 atom stereocenters. The Balaban J connectivity index is 1.97. The highest BCUT2D eigenvalue weighted by Crippen LogP contribution is 2.10. The van der Waals surface area contributed by atoms with Crippen molar-refractivity contribution in [3.63, 3.8) is 0 Å². The first-order chi connectivity index (χ1) is 6.79. The van der Waals surface area contributed by atoms with Crippen LogP contribution in [0.2, 0.25) is 0 Å². The maximum absolute atomic E-state index is 9.26. The molecule has 14 heavy (non-hydrogen) atoms. The van der Waals surface area contributed by atoms with Crippen LogP contribution in [0.1, 0.15) is 12.7 Å². The summed E-state index contributed by atoms with van der Waals surface area (Å²) in [4.78, 5) is 9.50. The zero-order chi connectivity index (χ0) is 9.97. The van der Waals surface area contributed by atoms with Gasteiger partial charge in [0.15, 0.2) is 0 Å². The molecular weight excluding hydrogens is 182 g/mol. The van der Waals surface area contributed by atoms with E-state index >= 15 is 0 Å². The van der Waals surface area contributed by atoms with Crippen LogP contribution in [0.15, 0.2) is 12.4 Å². The van der Waals surface area contributed by atoms with Gasteiger partial charge in [-0.2, -0.15) is 5.06 Å². The Labute approximate surface area is 82.9 Å². The SMILES string of the molecule is CCn1ccnc1CN1CC(O)CO1. The van der Waals surface area contributed by atoms with Gasteiger partial charge in [0.05, 0.1) is 25.8 Å². The van der Waals surface area contributed by atoms with Crippen LogP contribution in [-0.4, -0.2) is 39.0 Å². The molecule has 1 aromatic heterocycles. The molecule has 0 amide bonds. The number of nitrogens with zero attached hydrogens (tertiary/aromatic N) is 3. The monoisotopic (exact) mass is 197 g/mol. The van der Waals surface area contributed by atoms with Gasteiger partial charge >= 0.3 is 0 Å². The van der Waals surface area contributed by atoms with Crippen LogP contribution in [0.5, 0.6) is 0 Å². The van der Waals surface area contributed by atoms with Gasteiger partial charge in [0.1, 0.15) is 5.82 Å². The summed E-state index contributed by atoms with van der Waals surface area (Å²) >= 11 is 0. The number of aryl methyl sites for hydroxylation is 1. The Morgan fingerprint density at radius 3 is 3.21 bits per heavy atom. The molecule has 78 valence electrons. The van der Waals surface area contributed by atoms with Crippen LogP contribution in [0, 0.1) is 0 Å². The molecule has 1 aliphatic rings. The van der Waals surface area contributed by atoms with E-state index < -0.39 is 0 Å². The maximum atomic E-state index is 9.26. The summed E-state index contributed by atoms with van der Waals surface area (Å²) in [6.45, 7) is 4.58. The highest BCUT2D eigenvalue weighted by Gasteiger charge is 2.22. The molecule has 0 spiro atoms. The van der Waals surface area contributed by atoms with Gasteiger partial charge in [-0.25, -0.2) is 4.98 Å². The van der Waals surface area contributed by atoms with Crippen LogP contribution in [0.25, 0.3) is 0 Å². The van der Waals surface area contributed by atoms with Crippen molar-refractivity contribution in [1.29, 1.82) is 0 Å². The lowest BCUT2D eigenvalue weighted by Crippen LogP contribution is -2.22. The van der Waals surface area contributed by atoms with E-state index in [0.717, 1.165) is 12.4 Å². The summed E-state index contributed by atoms with van der Waals surface area (Å²) in [5.41, 5.74) is 0. The summed E-state index contributed by atoms with van der Waals surface area (Å²) in [6.07, 6.45) is 3.37. The molecule has 0 aromatic carbocycles. The minimum absolute atomic E-state index is 0.361. The fourth-order valence-corrected chi connectivity index (χ4v) is 1.58. The smallest absolute Gasteiger partial charge is 0.125 e. The number of hydrogen-bond acceptors (Lipinski definition) is 4. The molecule has 2 heterocycles. The molecule has 1 aliphatic heterocycles. The van der Waals surface area contributed by atoms with Gasteiger partial charge in [-0.15, -0.1) is 0 Å². The third-order valence-corrected chi connectivity index (χ3v) is 2.32. The number of hydrogen-bond donors (Lipinski definition) is 1. The van der Waals surface area contributed by atoms with Gasteiger partial charge < -0.3 is 9.67 Å². The summed E-state index contributed by atoms with van der Waals surface area (Å²) < 4.78 is 2.06. The van der Waals surface area contributed by atoms with E-state index in [1.54, 1.807) is 11.3 Å². The summed E-state index contributed by atoms with van der Waals surface area (Å²) in [6, 6.07) is 0. The molecule has 0 bridgehead atoms. The van der Waals surface area contributed by atoms with Gasteiger partial charge in [-0.3, -0.25) is 4.84 Å². The molecule has 1 saturated heterocycles. The van der Waals surface area contributed by atoms with Crippen molar-refractivity contribution in [3.05, 3.63) is 18.2 Å². The third kappa shape index (κ3) is 1.95. The molecule has 5 heteroatoms. The second kappa shape index (κ2) is 4.08. The number of imidazole rings is 1. The van der Waals surface area contributed by atoms with Crippen LogP contribution in [-0.2, 0) is 17.9 Å². The molecule has 5 nitrogen and oxygen atoms in total. The number of β-amino-alcohol motifs (C(OH)–C–C–N with tert-alkyl or cyclic N) is 1. The first kappa shape index (κ1) is 9.64. The van der Waals surface area contributed by atoms with Gasteiger partial charge in [0, 0.05) is 18.9 Å². The predicted octanol–water partition coefficient (Wildman–Crippen LogP) is 0.0111. The van der Waals surface area contributed by atoms with Crippen molar-refractivity contribution in [1.82, 2.24) is 14.6 Å². The maximum Gasteiger partial charge on any atom is 0.125 e. The molecule has 1 aromatic rings. The number of aliphatic hydroxyl groups excluding tert-OH is 1. The van der Waals surface area contributed by atoms with E-state index in [-0.39, 0.29) is 6.10 Å². The normalized spacial score (nSPS) is 23.1. The minimum Gasteiger partial charge on any atom is -0.389 e. The fourth-order valence-electron chi connectivity index (χ4n) is 1.58. The van der Waals surface area contributed by atoms with Crippen molar-refractivity contribution in [2.45, 2.75) is 26.1 Å². The molecule has 0 radical (unpaired) electrons. The second-order valence-corrected chi connectivity index (χ2v) is 3.40. The second-order valence-electron chi connectivity index (χ2n) is 3.40. The third-order valence-electron chi connectivity index (χ3n) is 2.32. The zero-order valence-electron chi connectivity index (χ0n) is 8.26. The van der Waals surface area contributed by atoms with Gasteiger partial charge in [0.2, 0.25) is 0 Å². The van der Waals surface area contributed by atoms with E-state index in [0.29, 0.717) is 19.7 Å². The lowest BCUT2D eigenvalue weighted by Gasteiger charge is -2.13. The Kier molecular flexibility index (Phi) is 2.81. The molecule has 0 saturated carbocycles. The van der Waals surface area contributed by atoms with Crippen molar-refractivity contribution < 1.29 is 9.94 Å². The largest absolute Gasteiger partial charge is 0.389 e. The van der Waals surface area contributed by atoms with Crippen molar-refractivity contribution >= 4 is 0 Å². The van der Waals surface area contributed by atoms with Crippen LogP contribution < -0.4 is 0 Å². The number of aliphatic hydroxyl groups is 1. The van der Waals surface area contributed by atoms with E-state index in [1.165, 1.54) is 0 Å². The van der Waals surface area contributed by atoms with Crippen molar-refractivity contribution in [2.24, 2.45) is 0 Å². The van der Waals surface area contributed by atoms with Crippen LogP contribution in [0.4, 0.5) is 0 Å². The Morgan fingerprint density at radius 2 is 2.57 bits per heavy atom. The van der Waals surface area contributed by atoms with E-state index in [1.807, 2.05) is 6.20 Å². The van der Waals surface area contributed by atoms with Crippen LogP contribution in [0.3, 0.4) is 0 Å². The lowest BCUT2D eigenvalue weighted by atomic mass is 10.4. The molecule has 1 fully saturated rings. The Morgan fingerprint density at radius 1 is 1.71 bits per heavy atom. The average Bonchev–Trinajstić information content (AvgIpc) is 2.76.